The smallest absolute Gasteiger partial charge is 0.407 e. The molecule has 0 fully saturated rings. The number of imide groups is 1. The van der Waals surface area contributed by atoms with Crippen LogP contribution in [0.25, 0.3) is 10.9 Å². The number of hydrogen-bond acceptors (Lipinski definition) is 5. The van der Waals surface area contributed by atoms with Gasteiger partial charge in [0, 0.05) is 42.2 Å². The molecule has 0 radical (unpaired) electrons. The Kier molecular flexibility index (Phi) is 8.81. The predicted molar refractivity (Wildman–Crippen MR) is 161 cm³/mol. The van der Waals surface area contributed by atoms with Gasteiger partial charge in [-0.05, 0) is 49.6 Å². The van der Waals surface area contributed by atoms with Crippen LogP contribution in [0, 0.1) is 6.92 Å². The van der Waals surface area contributed by atoms with Gasteiger partial charge in [0.1, 0.15) is 0 Å². The molecule has 1 aliphatic heterocycles. The second kappa shape index (κ2) is 12.9. The maximum Gasteiger partial charge on any atom is 0.407 e. The van der Waals surface area contributed by atoms with Crippen molar-refractivity contribution >= 4 is 34.6 Å². The number of aryl methyl sites for hydroxylation is 2. The van der Waals surface area contributed by atoms with Gasteiger partial charge >= 0.3 is 6.09 Å². The number of benzene rings is 3. The lowest BCUT2D eigenvalue weighted by molar-refractivity contribution is 0.0650. The molecule has 0 saturated heterocycles. The lowest BCUT2D eigenvalue weighted by Crippen LogP contribution is -2.42. The van der Waals surface area contributed by atoms with Crippen LogP contribution in [0.1, 0.15) is 68.4 Å². The van der Waals surface area contributed by atoms with Crippen molar-refractivity contribution in [3.63, 3.8) is 0 Å². The molecule has 0 spiro atoms. The van der Waals surface area contributed by atoms with E-state index in [9.17, 15) is 19.2 Å². The summed E-state index contributed by atoms with van der Waals surface area (Å²) >= 11 is 0. The first-order chi connectivity index (χ1) is 20.4. The Balaban J connectivity index is 1.37. The van der Waals surface area contributed by atoms with Gasteiger partial charge in [-0.15, -0.1) is 0 Å². The highest BCUT2D eigenvalue weighted by molar-refractivity contribution is 6.21. The number of ketones is 1. The number of unbranched alkanes of at least 4 members (excludes halogenated alkanes) is 1. The van der Waals surface area contributed by atoms with Gasteiger partial charge in [0.15, 0.2) is 5.78 Å². The zero-order valence-electron chi connectivity index (χ0n) is 24.0. The molecule has 5 rings (SSSR count). The summed E-state index contributed by atoms with van der Waals surface area (Å²) in [5.74, 6) is -0.763. The van der Waals surface area contributed by atoms with E-state index in [0.717, 1.165) is 34.9 Å². The maximum absolute atomic E-state index is 14.1. The highest BCUT2D eigenvalue weighted by atomic mass is 16.5. The first-order valence-electron chi connectivity index (χ1n) is 14.4. The summed E-state index contributed by atoms with van der Waals surface area (Å²) in [5.41, 5.74) is 4.17. The maximum atomic E-state index is 14.1. The molecule has 3 amide bonds. The average Bonchev–Trinajstić information content (AvgIpc) is 3.47. The van der Waals surface area contributed by atoms with E-state index >= 15 is 0 Å². The van der Waals surface area contributed by atoms with Gasteiger partial charge in [0.05, 0.1) is 23.8 Å². The number of fused-ring (bicyclic) bond motifs is 2. The number of aromatic nitrogens is 1. The molecule has 1 unspecified atom stereocenters. The van der Waals surface area contributed by atoms with Crippen molar-refractivity contribution in [3.05, 3.63) is 107 Å². The van der Waals surface area contributed by atoms with Crippen LogP contribution in [0.5, 0.6) is 0 Å². The molecule has 0 bridgehead atoms. The number of nitrogens with zero attached hydrogens (tertiary/aromatic N) is 2. The molecule has 3 aromatic carbocycles. The molecule has 1 aromatic heterocycles. The number of nitrogens with one attached hydrogen (secondary N) is 1. The minimum atomic E-state index is -0.820. The van der Waals surface area contributed by atoms with E-state index in [1.807, 2.05) is 73.1 Å². The topological polar surface area (TPSA) is 97.7 Å². The number of amides is 3. The molecule has 1 aliphatic rings. The van der Waals surface area contributed by atoms with E-state index in [0.29, 0.717) is 42.7 Å². The Bertz CT molecular complexity index is 1590. The van der Waals surface area contributed by atoms with E-state index in [1.54, 1.807) is 24.3 Å². The number of carbonyl (C=O) groups excluding carboxylic acids is 4. The van der Waals surface area contributed by atoms with Crippen molar-refractivity contribution < 1.29 is 23.9 Å². The number of ether oxygens (including phenoxy) is 1. The largest absolute Gasteiger partial charge is 0.450 e. The Morgan fingerprint density at radius 2 is 1.57 bits per heavy atom. The second-order valence-corrected chi connectivity index (χ2v) is 10.7. The summed E-state index contributed by atoms with van der Waals surface area (Å²) in [6.45, 7) is 5.04. The zero-order valence-corrected chi connectivity index (χ0v) is 24.0. The van der Waals surface area contributed by atoms with E-state index in [1.165, 1.54) is 4.90 Å². The SMILES string of the molecule is CCCCOC(=O)NC(Cc1ccccc1)C(=O)c1cn(CCCN2C(=O)c3ccccc3C2=O)c2ccc(C)cc12. The highest BCUT2D eigenvalue weighted by Crippen LogP contribution is 2.27. The molecule has 2 heterocycles. The highest BCUT2D eigenvalue weighted by Gasteiger charge is 2.34. The predicted octanol–water partition coefficient (Wildman–Crippen LogP) is 5.96. The van der Waals surface area contributed by atoms with Gasteiger partial charge < -0.3 is 14.6 Å². The zero-order chi connectivity index (χ0) is 29.6. The lowest BCUT2D eigenvalue weighted by atomic mass is 9.97. The Hall–Kier alpha value is -4.72. The fourth-order valence-electron chi connectivity index (χ4n) is 5.37. The van der Waals surface area contributed by atoms with Crippen LogP contribution in [0.15, 0.2) is 79.0 Å². The van der Waals surface area contributed by atoms with Gasteiger partial charge in [-0.25, -0.2) is 4.79 Å². The first-order valence-corrected chi connectivity index (χ1v) is 14.4. The van der Waals surface area contributed by atoms with E-state index in [2.05, 4.69) is 5.32 Å². The van der Waals surface area contributed by atoms with Crippen molar-refractivity contribution in [1.82, 2.24) is 14.8 Å². The summed E-state index contributed by atoms with van der Waals surface area (Å²) in [4.78, 5) is 53.6. The molecule has 0 aliphatic carbocycles. The van der Waals surface area contributed by atoms with Crippen molar-refractivity contribution in [1.29, 1.82) is 0 Å². The number of hydrogen-bond donors (Lipinski definition) is 1. The number of rotatable bonds is 12. The second-order valence-electron chi connectivity index (χ2n) is 10.7. The Morgan fingerprint density at radius 1 is 0.881 bits per heavy atom. The van der Waals surface area contributed by atoms with Crippen molar-refractivity contribution in [2.75, 3.05) is 13.2 Å². The monoisotopic (exact) mass is 565 g/mol. The standard InChI is InChI=1S/C34H35N3O5/c1-3-4-19-42-34(41)35-29(21-24-11-6-5-7-12-24)31(38)28-22-36(30-16-15-23(2)20-27(28)30)17-10-18-37-32(39)25-13-8-9-14-26(25)33(37)40/h5-9,11-16,20,22,29H,3-4,10,17-19,21H2,1-2H3,(H,35,41). The molecule has 4 aromatic rings. The summed E-state index contributed by atoms with van der Waals surface area (Å²) < 4.78 is 7.31. The average molecular weight is 566 g/mol. The fraction of sp³-hybridized carbons (Fsp3) is 0.294. The minimum absolute atomic E-state index is 0.207. The van der Waals surface area contributed by atoms with Gasteiger partial charge in [-0.1, -0.05) is 67.4 Å². The van der Waals surface area contributed by atoms with E-state index < -0.39 is 12.1 Å². The summed E-state index contributed by atoms with van der Waals surface area (Å²) in [6, 6.07) is 21.5. The molecular weight excluding hydrogens is 530 g/mol. The molecule has 1 atom stereocenters. The van der Waals surface area contributed by atoms with Crippen molar-refractivity contribution in [2.45, 2.75) is 52.1 Å². The van der Waals surface area contributed by atoms with Gasteiger partial charge in [-0.2, -0.15) is 0 Å². The molecule has 8 heteroatoms. The van der Waals surface area contributed by atoms with Gasteiger partial charge in [-0.3, -0.25) is 19.3 Å². The van der Waals surface area contributed by atoms with Crippen LogP contribution in [0.3, 0.4) is 0 Å². The first kappa shape index (κ1) is 28.8. The molecule has 0 saturated carbocycles. The minimum Gasteiger partial charge on any atom is -0.450 e. The third-order valence-corrected chi connectivity index (χ3v) is 7.58. The third kappa shape index (κ3) is 6.12. The molecule has 8 nitrogen and oxygen atoms in total. The normalized spacial score (nSPS) is 13.3. The Morgan fingerprint density at radius 3 is 2.26 bits per heavy atom. The van der Waals surface area contributed by atoms with Crippen LogP contribution in [-0.2, 0) is 17.7 Å². The molecule has 42 heavy (non-hydrogen) atoms. The van der Waals surface area contributed by atoms with Crippen LogP contribution >= 0.6 is 0 Å². The third-order valence-electron chi connectivity index (χ3n) is 7.58. The molecular formula is C34H35N3O5. The summed E-state index contributed by atoms with van der Waals surface area (Å²) in [5, 5.41) is 3.60. The summed E-state index contributed by atoms with van der Waals surface area (Å²) in [7, 11) is 0. The van der Waals surface area contributed by atoms with Crippen molar-refractivity contribution in [2.24, 2.45) is 0 Å². The van der Waals surface area contributed by atoms with E-state index in [-0.39, 0.29) is 24.1 Å². The van der Waals surface area contributed by atoms with Crippen molar-refractivity contribution in [3.8, 4) is 0 Å². The quantitative estimate of drug-likeness (QED) is 0.130. The number of Topliss-reactive ketones (excluding diaryl/α,β-unsaturated/α-hetero) is 1. The summed E-state index contributed by atoms with van der Waals surface area (Å²) in [6.07, 6.45) is 3.69. The lowest BCUT2D eigenvalue weighted by Gasteiger charge is -2.18. The van der Waals surface area contributed by atoms with Crippen LogP contribution in [0.2, 0.25) is 0 Å². The number of alkyl carbamates (subject to hydrolysis) is 1. The molecule has 1 N–H and O–H groups in total. The van der Waals surface area contributed by atoms with Crippen LogP contribution in [-0.4, -0.2) is 52.4 Å². The number of carbonyl (C=O) groups is 4. The van der Waals surface area contributed by atoms with Crippen LogP contribution in [0.4, 0.5) is 4.79 Å². The fourth-order valence-corrected chi connectivity index (χ4v) is 5.37. The van der Waals surface area contributed by atoms with Crippen LogP contribution < -0.4 is 5.32 Å². The Labute approximate surface area is 245 Å². The molecule has 216 valence electrons. The van der Waals surface area contributed by atoms with E-state index in [4.69, 9.17) is 4.74 Å². The van der Waals surface area contributed by atoms with Gasteiger partial charge in [0.25, 0.3) is 11.8 Å². The van der Waals surface area contributed by atoms with Gasteiger partial charge in [0.2, 0.25) is 0 Å².